The molecule has 1 aromatic heterocycles. The number of nitrogens with zero attached hydrogens (tertiary/aromatic N) is 2. The smallest absolute Gasteiger partial charge is 0.234 e. The molecule has 0 N–H and O–H groups in total. The van der Waals surface area contributed by atoms with Crippen molar-refractivity contribution in [2.75, 3.05) is 0 Å². The minimum absolute atomic E-state index is 0.517. The van der Waals surface area contributed by atoms with Crippen LogP contribution in [-0.2, 0) is 25.9 Å². The number of imidazole rings is 1. The van der Waals surface area contributed by atoms with Crippen molar-refractivity contribution in [2.45, 2.75) is 175 Å². The van der Waals surface area contributed by atoms with Crippen molar-refractivity contribution in [3.63, 3.8) is 0 Å². The topological polar surface area (TPSA) is 8.81 Å². The summed E-state index contributed by atoms with van der Waals surface area (Å²) >= 11 is 0. The molecule has 0 fully saturated rings. The Morgan fingerprint density at radius 3 is 1.59 bits per heavy atom. The van der Waals surface area contributed by atoms with Crippen molar-refractivity contribution in [3.05, 3.63) is 89.5 Å². The second kappa shape index (κ2) is 23.1. The summed E-state index contributed by atoms with van der Waals surface area (Å²) in [6.45, 7) is 9.33. The minimum atomic E-state index is 0.517. The van der Waals surface area contributed by atoms with E-state index in [-0.39, 0.29) is 0 Å². The van der Waals surface area contributed by atoms with E-state index in [4.69, 9.17) is 0 Å². The van der Waals surface area contributed by atoms with Gasteiger partial charge in [-0.15, -0.1) is 0 Å². The lowest BCUT2D eigenvalue weighted by molar-refractivity contribution is -0.710. The van der Waals surface area contributed by atoms with Crippen LogP contribution in [0.1, 0.15) is 171 Å². The largest absolute Gasteiger partial charge is 0.261 e. The third-order valence-corrected chi connectivity index (χ3v) is 9.62. The van der Waals surface area contributed by atoms with Gasteiger partial charge in [0.1, 0.15) is 11.9 Å². The molecule has 0 aliphatic rings. The number of hydrogen-bond donors (Lipinski definition) is 0. The Kier molecular flexibility index (Phi) is 18.9. The summed E-state index contributed by atoms with van der Waals surface area (Å²) in [5, 5.41) is 0. The van der Waals surface area contributed by atoms with E-state index in [0.717, 1.165) is 25.9 Å². The first-order valence-corrected chi connectivity index (χ1v) is 18.9. The van der Waals surface area contributed by atoms with Crippen molar-refractivity contribution >= 4 is 0 Å². The average molecular weight is 600 g/mol. The van der Waals surface area contributed by atoms with Crippen LogP contribution in [-0.4, -0.2) is 4.57 Å². The highest BCUT2D eigenvalue weighted by molar-refractivity contribution is 5.21. The first kappa shape index (κ1) is 36.1. The fraction of sp³-hybridized carbons (Fsp3) is 0.643. The third-order valence-electron chi connectivity index (χ3n) is 9.62. The van der Waals surface area contributed by atoms with Gasteiger partial charge in [-0.05, 0) is 42.7 Å². The van der Waals surface area contributed by atoms with E-state index in [1.54, 1.807) is 0 Å². The molecule has 0 aliphatic heterocycles. The van der Waals surface area contributed by atoms with Gasteiger partial charge in [-0.1, -0.05) is 178 Å². The van der Waals surface area contributed by atoms with Gasteiger partial charge in [0.05, 0.1) is 19.5 Å². The number of rotatable bonds is 26. The Balaban J connectivity index is 1.65. The maximum absolute atomic E-state index is 2.74. The normalized spacial score (nSPS) is 12.2. The number of aromatic nitrogens is 2. The highest BCUT2D eigenvalue weighted by Gasteiger charge is 2.25. The van der Waals surface area contributed by atoms with Crippen LogP contribution in [0.2, 0.25) is 0 Å². The zero-order valence-electron chi connectivity index (χ0n) is 29.1. The Morgan fingerprint density at radius 2 is 1.05 bits per heavy atom. The summed E-state index contributed by atoms with van der Waals surface area (Å²) in [6, 6.07) is 22.3. The van der Waals surface area contributed by atoms with E-state index in [0.29, 0.717) is 5.92 Å². The predicted octanol–water partition coefficient (Wildman–Crippen LogP) is 12.2. The summed E-state index contributed by atoms with van der Waals surface area (Å²) in [5.41, 5.74) is 4.41. The molecule has 2 nitrogen and oxygen atoms in total. The summed E-state index contributed by atoms with van der Waals surface area (Å²) in [7, 11) is 0. The molecule has 1 heterocycles. The lowest BCUT2D eigenvalue weighted by Crippen LogP contribution is -2.41. The Hall–Kier alpha value is -2.35. The second-order valence-corrected chi connectivity index (χ2v) is 13.6. The number of hydrogen-bond acceptors (Lipinski definition) is 0. The molecule has 0 saturated carbocycles. The zero-order valence-corrected chi connectivity index (χ0v) is 29.1. The van der Waals surface area contributed by atoms with Crippen LogP contribution >= 0.6 is 0 Å². The third kappa shape index (κ3) is 14.2. The quantitative estimate of drug-likeness (QED) is 0.0641. The van der Waals surface area contributed by atoms with E-state index in [9.17, 15) is 0 Å². The van der Waals surface area contributed by atoms with Crippen molar-refractivity contribution in [2.24, 2.45) is 0 Å². The van der Waals surface area contributed by atoms with Crippen LogP contribution in [0.25, 0.3) is 0 Å². The molecule has 0 radical (unpaired) electrons. The fourth-order valence-electron chi connectivity index (χ4n) is 6.81. The Bertz CT molecular complexity index is 1080. The van der Waals surface area contributed by atoms with Crippen LogP contribution in [0.5, 0.6) is 0 Å². The standard InChI is InChI=1S/C42H67N2/c1-4-6-8-10-12-14-15-16-18-20-28-34-44-41(35-38(3)40-31-25-22-26-32-40)37-43(33-27-19-17-13-11-9-7-5-2)42(44)36-39-29-23-21-24-30-39/h21-26,29-32,37-38H,4-20,27-28,33-36H2,1-3H3/q+1. The maximum Gasteiger partial charge on any atom is 0.261 e. The van der Waals surface area contributed by atoms with Gasteiger partial charge < -0.3 is 0 Å². The van der Waals surface area contributed by atoms with E-state index < -0.39 is 0 Å². The monoisotopic (exact) mass is 600 g/mol. The molecule has 0 bridgehead atoms. The molecule has 0 aliphatic carbocycles. The molecule has 2 heteroatoms. The average Bonchev–Trinajstić information content (AvgIpc) is 3.36. The molecule has 2 aromatic carbocycles. The minimum Gasteiger partial charge on any atom is -0.234 e. The van der Waals surface area contributed by atoms with Crippen LogP contribution in [0.4, 0.5) is 0 Å². The predicted molar refractivity (Wildman–Crippen MR) is 192 cm³/mol. The second-order valence-electron chi connectivity index (χ2n) is 13.6. The van der Waals surface area contributed by atoms with Crippen molar-refractivity contribution in [3.8, 4) is 0 Å². The van der Waals surface area contributed by atoms with Gasteiger partial charge in [0.15, 0.2) is 0 Å². The molecular weight excluding hydrogens is 532 g/mol. The molecule has 44 heavy (non-hydrogen) atoms. The van der Waals surface area contributed by atoms with Gasteiger partial charge in [0, 0.05) is 6.42 Å². The van der Waals surface area contributed by atoms with Crippen molar-refractivity contribution in [1.29, 1.82) is 0 Å². The highest BCUT2D eigenvalue weighted by Crippen LogP contribution is 2.21. The summed E-state index contributed by atoms with van der Waals surface area (Å²) in [6.07, 6.45) is 31.0. The zero-order chi connectivity index (χ0) is 31.1. The van der Waals surface area contributed by atoms with E-state index >= 15 is 0 Å². The van der Waals surface area contributed by atoms with E-state index in [1.165, 1.54) is 145 Å². The molecule has 3 rings (SSSR count). The molecule has 1 atom stereocenters. The number of aryl methyl sites for hydroxylation is 1. The van der Waals surface area contributed by atoms with Gasteiger partial charge in [0.25, 0.3) is 5.82 Å². The maximum atomic E-state index is 2.74. The van der Waals surface area contributed by atoms with Crippen LogP contribution in [0, 0.1) is 0 Å². The first-order valence-electron chi connectivity index (χ1n) is 18.9. The van der Waals surface area contributed by atoms with E-state index in [2.05, 4.69) is 96.8 Å². The summed E-state index contributed by atoms with van der Waals surface area (Å²) in [4.78, 5) is 0. The first-order chi connectivity index (χ1) is 21.7. The summed E-state index contributed by atoms with van der Waals surface area (Å²) < 4.78 is 5.39. The Labute approximate surface area is 272 Å². The molecular formula is C42H67N2+. The molecule has 0 amide bonds. The lowest BCUT2D eigenvalue weighted by atomic mass is 9.96. The van der Waals surface area contributed by atoms with Crippen molar-refractivity contribution < 1.29 is 4.57 Å². The van der Waals surface area contributed by atoms with Crippen molar-refractivity contribution in [1.82, 2.24) is 4.57 Å². The van der Waals surface area contributed by atoms with Gasteiger partial charge in [0.2, 0.25) is 0 Å². The molecule has 244 valence electrons. The summed E-state index contributed by atoms with van der Waals surface area (Å²) in [5.74, 6) is 2.03. The lowest BCUT2D eigenvalue weighted by Gasteiger charge is -2.12. The van der Waals surface area contributed by atoms with E-state index in [1.807, 2.05) is 0 Å². The van der Waals surface area contributed by atoms with Gasteiger partial charge in [-0.3, -0.25) is 0 Å². The molecule has 1 unspecified atom stereocenters. The van der Waals surface area contributed by atoms with Gasteiger partial charge in [-0.2, -0.15) is 0 Å². The molecule has 3 aromatic rings. The fourth-order valence-corrected chi connectivity index (χ4v) is 6.81. The van der Waals surface area contributed by atoms with Crippen LogP contribution in [0.3, 0.4) is 0 Å². The van der Waals surface area contributed by atoms with Crippen LogP contribution < -0.4 is 4.57 Å². The SMILES string of the molecule is CCCCCCCCCCCCC[n+]1c(CC(C)c2ccccc2)cn(CCCCCCCCCC)c1Cc1ccccc1. The van der Waals surface area contributed by atoms with Gasteiger partial charge in [-0.25, -0.2) is 9.13 Å². The van der Waals surface area contributed by atoms with Crippen LogP contribution in [0.15, 0.2) is 66.9 Å². The van der Waals surface area contributed by atoms with Gasteiger partial charge >= 0.3 is 0 Å². The number of unbranched alkanes of at least 4 members (excludes halogenated alkanes) is 17. The molecule has 0 spiro atoms. The Morgan fingerprint density at radius 1 is 0.568 bits per heavy atom. The highest BCUT2D eigenvalue weighted by atomic mass is 15.2. The molecule has 0 saturated heterocycles. The number of benzene rings is 2.